The lowest BCUT2D eigenvalue weighted by atomic mass is 10.1. The summed E-state index contributed by atoms with van der Waals surface area (Å²) in [6, 6.07) is 0. The smallest absolute Gasteiger partial charge is 0.256 e. The second kappa shape index (κ2) is 3.67. The Morgan fingerprint density at radius 1 is 1.33 bits per heavy atom. The first-order valence-electron chi connectivity index (χ1n) is 5.61. The Bertz CT molecular complexity index is 239. The predicted octanol–water partition coefficient (Wildman–Crippen LogP) is 2.14. The number of piperidine rings is 1. The van der Waals surface area contributed by atoms with Crippen molar-refractivity contribution in [1.82, 2.24) is 4.90 Å². The summed E-state index contributed by atoms with van der Waals surface area (Å²) >= 11 is 0. The standard InChI is InChI=1S/C11H19F2NO/c1-10(7-11(10,12)13)8-15-9-3-5-14(2)6-4-9/h9H,3-8H2,1-2H3. The van der Waals surface area contributed by atoms with E-state index in [1.165, 1.54) is 0 Å². The van der Waals surface area contributed by atoms with E-state index in [4.69, 9.17) is 4.74 Å². The van der Waals surface area contributed by atoms with Gasteiger partial charge in [-0.3, -0.25) is 0 Å². The normalized spacial score (nSPS) is 36.8. The molecule has 0 bridgehead atoms. The molecule has 0 spiro atoms. The van der Waals surface area contributed by atoms with Crippen LogP contribution in [0.4, 0.5) is 8.78 Å². The maximum absolute atomic E-state index is 12.9. The van der Waals surface area contributed by atoms with Gasteiger partial charge in [0.15, 0.2) is 0 Å². The molecular weight excluding hydrogens is 200 g/mol. The Kier molecular flexibility index (Phi) is 2.75. The molecule has 2 aliphatic rings. The number of likely N-dealkylation sites (tertiary alicyclic amines) is 1. The SMILES string of the molecule is CN1CCC(OCC2(C)CC2(F)F)CC1. The average molecular weight is 219 g/mol. The summed E-state index contributed by atoms with van der Waals surface area (Å²) in [5, 5.41) is 0. The molecule has 15 heavy (non-hydrogen) atoms. The topological polar surface area (TPSA) is 12.5 Å². The molecule has 88 valence electrons. The van der Waals surface area contributed by atoms with Crippen LogP contribution in [-0.4, -0.2) is 43.7 Å². The van der Waals surface area contributed by atoms with E-state index in [2.05, 4.69) is 11.9 Å². The van der Waals surface area contributed by atoms with E-state index in [9.17, 15) is 8.78 Å². The molecule has 1 saturated heterocycles. The van der Waals surface area contributed by atoms with Crippen LogP contribution in [0.2, 0.25) is 0 Å². The summed E-state index contributed by atoms with van der Waals surface area (Å²) in [5.41, 5.74) is -0.879. The van der Waals surface area contributed by atoms with E-state index < -0.39 is 11.3 Å². The lowest BCUT2D eigenvalue weighted by Crippen LogP contribution is -2.35. The van der Waals surface area contributed by atoms with Gasteiger partial charge in [0.05, 0.1) is 18.1 Å². The molecule has 0 radical (unpaired) electrons. The van der Waals surface area contributed by atoms with E-state index in [0.717, 1.165) is 25.9 Å². The summed E-state index contributed by atoms with van der Waals surface area (Å²) in [5.74, 6) is -2.49. The molecule has 1 atom stereocenters. The van der Waals surface area contributed by atoms with Crippen molar-refractivity contribution >= 4 is 0 Å². The van der Waals surface area contributed by atoms with Gasteiger partial charge in [0.25, 0.3) is 5.92 Å². The zero-order chi connectivity index (χ0) is 11.1. The highest BCUT2D eigenvalue weighted by atomic mass is 19.3. The van der Waals surface area contributed by atoms with Crippen LogP contribution in [-0.2, 0) is 4.74 Å². The largest absolute Gasteiger partial charge is 0.377 e. The van der Waals surface area contributed by atoms with Gasteiger partial charge in [0.2, 0.25) is 0 Å². The summed E-state index contributed by atoms with van der Waals surface area (Å²) < 4.78 is 31.4. The predicted molar refractivity (Wildman–Crippen MR) is 54.1 cm³/mol. The van der Waals surface area contributed by atoms with Gasteiger partial charge in [0, 0.05) is 19.5 Å². The molecule has 4 heteroatoms. The molecule has 1 saturated carbocycles. The van der Waals surface area contributed by atoms with E-state index in [0.29, 0.717) is 0 Å². The zero-order valence-corrected chi connectivity index (χ0v) is 9.43. The maximum atomic E-state index is 12.9. The zero-order valence-electron chi connectivity index (χ0n) is 9.43. The Balaban J connectivity index is 1.71. The van der Waals surface area contributed by atoms with Crippen LogP contribution in [0.1, 0.15) is 26.2 Å². The summed E-state index contributed by atoms with van der Waals surface area (Å²) in [4.78, 5) is 2.24. The monoisotopic (exact) mass is 219 g/mol. The van der Waals surface area contributed by atoms with Crippen molar-refractivity contribution in [2.75, 3.05) is 26.7 Å². The van der Waals surface area contributed by atoms with Crippen molar-refractivity contribution < 1.29 is 13.5 Å². The number of ether oxygens (including phenoxy) is 1. The number of alkyl halides is 2. The molecule has 2 fully saturated rings. The minimum absolute atomic E-state index is 0.00732. The molecule has 1 heterocycles. The summed E-state index contributed by atoms with van der Waals surface area (Å²) in [6.45, 7) is 3.85. The van der Waals surface area contributed by atoms with E-state index in [1.54, 1.807) is 6.92 Å². The fraction of sp³-hybridized carbons (Fsp3) is 1.00. The third-order valence-electron chi connectivity index (χ3n) is 3.67. The third kappa shape index (κ3) is 2.31. The first kappa shape index (κ1) is 11.3. The third-order valence-corrected chi connectivity index (χ3v) is 3.67. The first-order chi connectivity index (χ1) is 6.93. The average Bonchev–Trinajstić information content (AvgIpc) is 2.66. The molecule has 2 nitrogen and oxygen atoms in total. The Morgan fingerprint density at radius 3 is 2.33 bits per heavy atom. The quantitative estimate of drug-likeness (QED) is 0.721. The number of halogens is 2. The fourth-order valence-electron chi connectivity index (χ4n) is 2.06. The van der Waals surface area contributed by atoms with Gasteiger partial charge in [-0.2, -0.15) is 0 Å². The Hall–Kier alpha value is -0.220. The van der Waals surface area contributed by atoms with Gasteiger partial charge < -0.3 is 9.64 Å². The van der Waals surface area contributed by atoms with E-state index in [1.807, 2.05) is 0 Å². The van der Waals surface area contributed by atoms with Crippen LogP contribution in [0.25, 0.3) is 0 Å². The molecule has 1 aliphatic carbocycles. The highest BCUT2D eigenvalue weighted by Gasteiger charge is 2.68. The number of hydrogen-bond donors (Lipinski definition) is 0. The van der Waals surface area contributed by atoms with Crippen molar-refractivity contribution in [2.45, 2.75) is 38.2 Å². The second-order valence-corrected chi connectivity index (χ2v) is 5.26. The van der Waals surface area contributed by atoms with Crippen LogP contribution in [0.15, 0.2) is 0 Å². The van der Waals surface area contributed by atoms with E-state index >= 15 is 0 Å². The van der Waals surface area contributed by atoms with Gasteiger partial charge in [-0.15, -0.1) is 0 Å². The molecule has 0 aromatic rings. The molecule has 0 amide bonds. The van der Waals surface area contributed by atoms with Gasteiger partial charge >= 0.3 is 0 Å². The fourth-order valence-corrected chi connectivity index (χ4v) is 2.06. The summed E-state index contributed by atoms with van der Waals surface area (Å²) in [6.07, 6.45) is 2.12. The van der Waals surface area contributed by atoms with Crippen molar-refractivity contribution in [1.29, 1.82) is 0 Å². The second-order valence-electron chi connectivity index (χ2n) is 5.26. The minimum atomic E-state index is -2.49. The maximum Gasteiger partial charge on any atom is 0.256 e. The lowest BCUT2D eigenvalue weighted by molar-refractivity contribution is -0.0361. The molecule has 0 N–H and O–H groups in total. The van der Waals surface area contributed by atoms with Crippen LogP contribution in [0.3, 0.4) is 0 Å². The van der Waals surface area contributed by atoms with Gasteiger partial charge in [-0.1, -0.05) is 6.92 Å². The Morgan fingerprint density at radius 2 is 1.87 bits per heavy atom. The van der Waals surface area contributed by atoms with Crippen molar-refractivity contribution in [3.63, 3.8) is 0 Å². The van der Waals surface area contributed by atoms with Gasteiger partial charge in [0.1, 0.15) is 0 Å². The molecular formula is C11H19F2NO. The number of rotatable bonds is 3. The number of hydrogen-bond acceptors (Lipinski definition) is 2. The molecule has 0 aromatic heterocycles. The molecule has 1 aliphatic heterocycles. The highest BCUT2D eigenvalue weighted by Crippen LogP contribution is 2.60. The van der Waals surface area contributed by atoms with E-state index in [-0.39, 0.29) is 19.1 Å². The van der Waals surface area contributed by atoms with Crippen molar-refractivity contribution in [2.24, 2.45) is 5.41 Å². The van der Waals surface area contributed by atoms with Crippen LogP contribution < -0.4 is 0 Å². The molecule has 1 unspecified atom stereocenters. The number of nitrogens with zero attached hydrogens (tertiary/aromatic N) is 1. The summed E-state index contributed by atoms with van der Waals surface area (Å²) in [7, 11) is 2.08. The first-order valence-corrected chi connectivity index (χ1v) is 5.61. The molecule has 2 rings (SSSR count). The van der Waals surface area contributed by atoms with Gasteiger partial charge in [-0.05, 0) is 19.9 Å². The van der Waals surface area contributed by atoms with Crippen molar-refractivity contribution in [3.8, 4) is 0 Å². The van der Waals surface area contributed by atoms with Crippen LogP contribution in [0.5, 0.6) is 0 Å². The molecule has 0 aromatic carbocycles. The van der Waals surface area contributed by atoms with Gasteiger partial charge in [-0.25, -0.2) is 8.78 Å². The van der Waals surface area contributed by atoms with Crippen molar-refractivity contribution in [3.05, 3.63) is 0 Å². The lowest BCUT2D eigenvalue weighted by Gasteiger charge is -2.29. The van der Waals surface area contributed by atoms with Crippen LogP contribution in [0, 0.1) is 5.41 Å². The van der Waals surface area contributed by atoms with Crippen LogP contribution >= 0.6 is 0 Å². The Labute approximate surface area is 89.6 Å². The minimum Gasteiger partial charge on any atom is -0.377 e. The highest BCUT2D eigenvalue weighted by molar-refractivity contribution is 5.07.